The first kappa shape index (κ1) is 11.8. The molecule has 0 saturated heterocycles. The largest absolute Gasteiger partial charge is 0.493 e. The minimum atomic E-state index is -0.694. The van der Waals surface area contributed by atoms with Gasteiger partial charge in [-0.1, -0.05) is 0 Å². The van der Waals surface area contributed by atoms with Gasteiger partial charge in [-0.15, -0.1) is 0 Å². The van der Waals surface area contributed by atoms with Crippen molar-refractivity contribution in [3.05, 3.63) is 32.9 Å². The van der Waals surface area contributed by atoms with Crippen LogP contribution < -0.4 is 15.0 Å². The van der Waals surface area contributed by atoms with Crippen LogP contribution >= 0.6 is 0 Å². The molecule has 18 heavy (non-hydrogen) atoms. The van der Waals surface area contributed by atoms with Crippen molar-refractivity contribution in [2.24, 2.45) is 0 Å². The number of methoxy groups -OCH3 is 2. The monoisotopic (exact) mass is 251 g/mol. The van der Waals surface area contributed by atoms with Crippen LogP contribution in [0.3, 0.4) is 0 Å². The molecule has 2 rings (SSSR count). The van der Waals surface area contributed by atoms with E-state index < -0.39 is 16.2 Å². The molecule has 0 aliphatic carbocycles. The molecular formula is C10H9N3O5. The van der Waals surface area contributed by atoms with Crippen molar-refractivity contribution >= 4 is 16.6 Å². The van der Waals surface area contributed by atoms with E-state index in [0.29, 0.717) is 0 Å². The van der Waals surface area contributed by atoms with Gasteiger partial charge in [0.2, 0.25) is 5.75 Å². The highest BCUT2D eigenvalue weighted by molar-refractivity contribution is 5.92. The van der Waals surface area contributed by atoms with Crippen LogP contribution in [0, 0.1) is 10.1 Å². The summed E-state index contributed by atoms with van der Waals surface area (Å²) in [4.78, 5) is 28.3. The van der Waals surface area contributed by atoms with Crippen molar-refractivity contribution in [3.63, 3.8) is 0 Å². The number of benzene rings is 1. The minimum Gasteiger partial charge on any atom is -0.493 e. The Kier molecular flexibility index (Phi) is 2.84. The van der Waals surface area contributed by atoms with Gasteiger partial charge in [0.1, 0.15) is 5.39 Å². The number of nitro groups is 1. The summed E-state index contributed by atoms with van der Waals surface area (Å²) in [6.07, 6.45) is 1.17. The Balaban J connectivity index is 3.03. The molecule has 0 radical (unpaired) electrons. The standard InChI is InChI=1S/C10H9N3O5/c1-17-6-3-5-7(10(14)12-4-11-5)8(13(15)16)9(6)18-2/h3-4H,1-2H3,(H,11,12,14). The highest BCUT2D eigenvalue weighted by Crippen LogP contribution is 2.40. The van der Waals surface area contributed by atoms with Crippen LogP contribution in [0.2, 0.25) is 0 Å². The number of H-pyrrole nitrogens is 1. The maximum atomic E-state index is 11.7. The number of fused-ring (bicyclic) bond motifs is 1. The van der Waals surface area contributed by atoms with Crippen LogP contribution in [-0.4, -0.2) is 29.1 Å². The Morgan fingerprint density at radius 3 is 2.67 bits per heavy atom. The van der Waals surface area contributed by atoms with Crippen LogP contribution in [0.25, 0.3) is 10.9 Å². The molecule has 0 spiro atoms. The highest BCUT2D eigenvalue weighted by Gasteiger charge is 2.27. The summed E-state index contributed by atoms with van der Waals surface area (Å²) in [7, 11) is 2.61. The third-order valence-corrected chi connectivity index (χ3v) is 2.43. The molecule has 8 nitrogen and oxygen atoms in total. The van der Waals surface area contributed by atoms with E-state index in [2.05, 4.69) is 9.97 Å². The number of nitrogens with zero attached hydrogens (tertiary/aromatic N) is 2. The zero-order chi connectivity index (χ0) is 13.3. The topological polar surface area (TPSA) is 107 Å². The molecule has 1 N–H and O–H groups in total. The fourth-order valence-electron chi connectivity index (χ4n) is 1.69. The summed E-state index contributed by atoms with van der Waals surface area (Å²) in [5.41, 5.74) is -0.892. The van der Waals surface area contributed by atoms with Gasteiger partial charge in [-0.25, -0.2) is 4.98 Å². The molecular weight excluding hydrogens is 242 g/mol. The van der Waals surface area contributed by atoms with E-state index in [1.165, 1.54) is 26.6 Å². The van der Waals surface area contributed by atoms with Crippen molar-refractivity contribution < 1.29 is 14.4 Å². The highest BCUT2D eigenvalue weighted by atomic mass is 16.6. The average Bonchev–Trinajstić information content (AvgIpc) is 2.36. The van der Waals surface area contributed by atoms with Gasteiger partial charge in [0.15, 0.2) is 5.75 Å². The first-order chi connectivity index (χ1) is 8.60. The first-order valence-electron chi connectivity index (χ1n) is 4.87. The van der Waals surface area contributed by atoms with Crippen LogP contribution in [-0.2, 0) is 0 Å². The fraction of sp³-hybridized carbons (Fsp3) is 0.200. The lowest BCUT2D eigenvalue weighted by Crippen LogP contribution is -2.10. The van der Waals surface area contributed by atoms with E-state index in [1.807, 2.05) is 0 Å². The number of ether oxygens (including phenoxy) is 2. The third-order valence-electron chi connectivity index (χ3n) is 2.43. The minimum absolute atomic E-state index is 0.103. The normalized spacial score (nSPS) is 10.3. The maximum Gasteiger partial charge on any atom is 0.329 e. The van der Waals surface area contributed by atoms with E-state index >= 15 is 0 Å². The molecule has 0 aliphatic heterocycles. The van der Waals surface area contributed by atoms with Gasteiger partial charge in [-0.3, -0.25) is 14.9 Å². The first-order valence-corrected chi connectivity index (χ1v) is 4.87. The molecule has 0 unspecified atom stereocenters. The zero-order valence-corrected chi connectivity index (χ0v) is 9.59. The van der Waals surface area contributed by atoms with E-state index in [0.717, 1.165) is 0 Å². The smallest absolute Gasteiger partial charge is 0.329 e. The summed E-state index contributed by atoms with van der Waals surface area (Å²) >= 11 is 0. The molecule has 94 valence electrons. The van der Waals surface area contributed by atoms with Crippen LogP contribution in [0.15, 0.2) is 17.2 Å². The molecule has 0 aliphatic rings. The van der Waals surface area contributed by atoms with Gasteiger partial charge in [0.25, 0.3) is 5.56 Å². The van der Waals surface area contributed by atoms with Gasteiger partial charge in [-0.05, 0) is 0 Å². The molecule has 8 heteroatoms. The Hall–Kier alpha value is -2.64. The van der Waals surface area contributed by atoms with Crippen molar-refractivity contribution in [1.82, 2.24) is 9.97 Å². The number of aromatic nitrogens is 2. The Morgan fingerprint density at radius 2 is 2.11 bits per heavy atom. The lowest BCUT2D eigenvalue weighted by Gasteiger charge is -2.09. The van der Waals surface area contributed by atoms with Crippen LogP contribution in [0.1, 0.15) is 0 Å². The van der Waals surface area contributed by atoms with Gasteiger partial charge in [0, 0.05) is 6.07 Å². The predicted molar refractivity (Wildman–Crippen MR) is 62.1 cm³/mol. The SMILES string of the molecule is COc1cc2nc[nH]c(=O)c2c([N+](=O)[O-])c1OC. The molecule has 1 aromatic carbocycles. The Bertz CT molecular complexity index is 679. The van der Waals surface area contributed by atoms with Gasteiger partial charge >= 0.3 is 5.69 Å². The molecule has 0 bridgehead atoms. The maximum absolute atomic E-state index is 11.7. The summed E-state index contributed by atoms with van der Waals surface area (Å²) in [5, 5.41) is 11.0. The molecule has 0 saturated carbocycles. The van der Waals surface area contributed by atoms with E-state index in [9.17, 15) is 14.9 Å². The fourth-order valence-corrected chi connectivity index (χ4v) is 1.69. The van der Waals surface area contributed by atoms with Crippen molar-refractivity contribution in [2.45, 2.75) is 0 Å². The van der Waals surface area contributed by atoms with Gasteiger partial charge in [0.05, 0.1) is 31.0 Å². The second-order valence-corrected chi connectivity index (χ2v) is 3.34. The molecule has 2 aromatic rings. The lowest BCUT2D eigenvalue weighted by molar-refractivity contribution is -0.384. The van der Waals surface area contributed by atoms with Crippen molar-refractivity contribution in [3.8, 4) is 11.5 Å². The quantitative estimate of drug-likeness (QED) is 0.640. The number of hydrogen-bond donors (Lipinski definition) is 1. The zero-order valence-electron chi connectivity index (χ0n) is 9.59. The van der Waals surface area contributed by atoms with Gasteiger partial charge in [-0.2, -0.15) is 0 Å². The molecule has 0 fully saturated rings. The van der Waals surface area contributed by atoms with E-state index in [4.69, 9.17) is 9.47 Å². The average molecular weight is 251 g/mol. The lowest BCUT2D eigenvalue weighted by atomic mass is 10.1. The summed E-state index contributed by atoms with van der Waals surface area (Å²) in [6.45, 7) is 0. The Labute approximate surface area is 100 Å². The number of rotatable bonds is 3. The van der Waals surface area contributed by atoms with Crippen LogP contribution in [0.5, 0.6) is 11.5 Å². The van der Waals surface area contributed by atoms with Crippen molar-refractivity contribution in [1.29, 1.82) is 0 Å². The number of hydrogen-bond acceptors (Lipinski definition) is 6. The van der Waals surface area contributed by atoms with E-state index in [1.54, 1.807) is 0 Å². The Morgan fingerprint density at radius 1 is 1.39 bits per heavy atom. The molecule has 0 atom stereocenters. The third kappa shape index (κ3) is 1.63. The molecule has 1 heterocycles. The van der Waals surface area contributed by atoms with Crippen LogP contribution in [0.4, 0.5) is 5.69 Å². The van der Waals surface area contributed by atoms with E-state index in [-0.39, 0.29) is 22.4 Å². The summed E-state index contributed by atoms with van der Waals surface area (Å²) in [5.74, 6) is 0.0447. The second kappa shape index (κ2) is 4.32. The number of nitro benzene ring substituents is 1. The molecule has 0 amide bonds. The number of nitrogens with one attached hydrogen (secondary N) is 1. The van der Waals surface area contributed by atoms with Crippen molar-refractivity contribution in [2.75, 3.05) is 14.2 Å². The van der Waals surface area contributed by atoms with Gasteiger partial charge < -0.3 is 14.5 Å². The second-order valence-electron chi connectivity index (χ2n) is 3.34. The predicted octanol–water partition coefficient (Wildman–Crippen LogP) is 0.848. The summed E-state index contributed by atoms with van der Waals surface area (Å²) < 4.78 is 9.94. The summed E-state index contributed by atoms with van der Waals surface area (Å²) in [6, 6.07) is 1.41. The molecule has 1 aromatic heterocycles. The number of aromatic amines is 1.